The van der Waals surface area contributed by atoms with Gasteiger partial charge >= 0.3 is 0 Å². The van der Waals surface area contributed by atoms with E-state index >= 15 is 0 Å². The molecule has 0 saturated carbocycles. The van der Waals surface area contributed by atoms with E-state index in [4.69, 9.17) is 4.74 Å². The fourth-order valence-corrected chi connectivity index (χ4v) is 2.49. The summed E-state index contributed by atoms with van der Waals surface area (Å²) in [6.45, 7) is 2.42. The second-order valence-electron chi connectivity index (χ2n) is 4.50. The summed E-state index contributed by atoms with van der Waals surface area (Å²) in [6.07, 6.45) is 7.15. The van der Waals surface area contributed by atoms with Gasteiger partial charge < -0.3 is 4.74 Å². The Morgan fingerprint density at radius 2 is 2.12 bits per heavy atom. The number of likely N-dealkylation sites (tertiary alicyclic amines) is 1. The minimum atomic E-state index is 0.360. The van der Waals surface area contributed by atoms with Crippen molar-refractivity contribution in [3.63, 3.8) is 0 Å². The van der Waals surface area contributed by atoms with Gasteiger partial charge in [-0.25, -0.2) is 0 Å². The molecule has 0 aromatic rings. The average molecular weight is 288 g/mol. The number of halogens is 1. The molecule has 0 spiro atoms. The number of ether oxygens (including phenoxy) is 1. The number of carbonyl (C=O) groups excluding carboxylic acids is 1. The first-order valence-electron chi connectivity index (χ1n) is 5.94. The summed E-state index contributed by atoms with van der Waals surface area (Å²) < 4.78 is 7.16. The quantitative estimate of drug-likeness (QED) is 0.799. The molecule has 0 amide bonds. The highest BCUT2D eigenvalue weighted by Gasteiger charge is 2.18. The van der Waals surface area contributed by atoms with Crippen LogP contribution < -0.4 is 0 Å². The number of ketones is 1. The van der Waals surface area contributed by atoms with Crippen molar-refractivity contribution in [2.24, 2.45) is 0 Å². The normalized spacial score (nSPS) is 27.9. The van der Waals surface area contributed by atoms with Gasteiger partial charge in [0.2, 0.25) is 0 Å². The van der Waals surface area contributed by atoms with Crippen LogP contribution >= 0.6 is 15.9 Å². The minimum Gasteiger partial charge on any atom is -0.363 e. The van der Waals surface area contributed by atoms with E-state index in [0.717, 1.165) is 32.4 Å². The van der Waals surface area contributed by atoms with Crippen LogP contribution in [-0.4, -0.2) is 36.6 Å². The number of hydrogen-bond donors (Lipinski definition) is 0. The first-order valence-corrected chi connectivity index (χ1v) is 6.73. The Morgan fingerprint density at radius 3 is 2.75 bits per heavy atom. The van der Waals surface area contributed by atoms with Gasteiger partial charge in [-0.05, 0) is 23.7 Å². The van der Waals surface area contributed by atoms with Crippen LogP contribution in [0.2, 0.25) is 0 Å². The van der Waals surface area contributed by atoms with Crippen molar-refractivity contribution >= 4 is 21.7 Å². The molecule has 1 fully saturated rings. The number of nitrogens with zero attached hydrogens (tertiary/aromatic N) is 1. The number of Topliss-reactive ketones (excluding diaryl/α,β-unsaturated/α-hetero) is 1. The SMILES string of the molecule is O=C1CCN(COC2CC=C(Br)CC2)CC1. The molecule has 3 nitrogen and oxygen atoms in total. The monoisotopic (exact) mass is 287 g/mol. The lowest BCUT2D eigenvalue weighted by Gasteiger charge is -2.28. The molecule has 16 heavy (non-hydrogen) atoms. The standard InChI is InChI=1S/C12H18BrNO2/c13-10-1-3-12(4-2-10)16-9-14-7-5-11(15)6-8-14/h1,12H,2-9H2. The van der Waals surface area contributed by atoms with Gasteiger partial charge in [0.1, 0.15) is 5.78 Å². The molecule has 2 aliphatic rings. The van der Waals surface area contributed by atoms with Crippen LogP contribution in [0, 0.1) is 0 Å². The summed E-state index contributed by atoms with van der Waals surface area (Å²) in [5.41, 5.74) is 0. The summed E-state index contributed by atoms with van der Waals surface area (Å²) in [7, 11) is 0. The van der Waals surface area contributed by atoms with Crippen molar-refractivity contribution in [2.45, 2.75) is 38.2 Å². The number of hydrogen-bond acceptors (Lipinski definition) is 3. The summed E-state index contributed by atoms with van der Waals surface area (Å²) >= 11 is 3.51. The molecular weight excluding hydrogens is 270 g/mol. The van der Waals surface area contributed by atoms with E-state index in [0.29, 0.717) is 31.5 Å². The molecule has 0 bridgehead atoms. The molecule has 2 rings (SSSR count). The zero-order valence-corrected chi connectivity index (χ0v) is 11.0. The van der Waals surface area contributed by atoms with Crippen LogP contribution in [0.1, 0.15) is 32.1 Å². The van der Waals surface area contributed by atoms with Crippen molar-refractivity contribution in [1.29, 1.82) is 0 Å². The van der Waals surface area contributed by atoms with E-state index in [1.807, 2.05) is 0 Å². The zero-order chi connectivity index (χ0) is 11.4. The average Bonchev–Trinajstić information content (AvgIpc) is 2.30. The van der Waals surface area contributed by atoms with Crippen LogP contribution in [0.25, 0.3) is 0 Å². The molecule has 1 unspecified atom stereocenters. The Hall–Kier alpha value is -0.190. The highest BCUT2D eigenvalue weighted by molar-refractivity contribution is 9.11. The highest BCUT2D eigenvalue weighted by atomic mass is 79.9. The molecule has 4 heteroatoms. The fraction of sp³-hybridized carbons (Fsp3) is 0.750. The van der Waals surface area contributed by atoms with Crippen molar-refractivity contribution in [3.05, 3.63) is 10.6 Å². The Morgan fingerprint density at radius 1 is 1.38 bits per heavy atom. The summed E-state index contributed by atoms with van der Waals surface area (Å²) in [5, 5.41) is 0. The van der Waals surface area contributed by atoms with Gasteiger partial charge in [-0.1, -0.05) is 22.0 Å². The molecule has 0 radical (unpaired) electrons. The Bertz CT molecular complexity index is 281. The van der Waals surface area contributed by atoms with Crippen LogP contribution in [0.15, 0.2) is 10.6 Å². The van der Waals surface area contributed by atoms with E-state index in [-0.39, 0.29) is 0 Å². The first kappa shape index (κ1) is 12.3. The lowest BCUT2D eigenvalue weighted by molar-refractivity contribution is -0.123. The highest BCUT2D eigenvalue weighted by Crippen LogP contribution is 2.24. The first-order chi connectivity index (χ1) is 7.74. The van der Waals surface area contributed by atoms with Crippen molar-refractivity contribution < 1.29 is 9.53 Å². The third-order valence-corrected chi connectivity index (χ3v) is 3.93. The molecule has 1 aliphatic heterocycles. The van der Waals surface area contributed by atoms with Crippen LogP contribution in [0.3, 0.4) is 0 Å². The van der Waals surface area contributed by atoms with Gasteiger partial charge in [0, 0.05) is 25.9 Å². The number of rotatable bonds is 3. The second-order valence-corrected chi connectivity index (χ2v) is 5.52. The molecular formula is C12H18BrNO2. The molecule has 0 aromatic heterocycles. The molecule has 0 aromatic carbocycles. The maximum atomic E-state index is 11.1. The van der Waals surface area contributed by atoms with Crippen LogP contribution in [0.5, 0.6) is 0 Å². The van der Waals surface area contributed by atoms with Crippen molar-refractivity contribution in [2.75, 3.05) is 19.8 Å². The van der Waals surface area contributed by atoms with Gasteiger partial charge in [-0.2, -0.15) is 0 Å². The van der Waals surface area contributed by atoms with Gasteiger partial charge in [0.15, 0.2) is 0 Å². The summed E-state index contributed by atoms with van der Waals surface area (Å²) in [5.74, 6) is 0.390. The minimum absolute atomic E-state index is 0.360. The van der Waals surface area contributed by atoms with Gasteiger partial charge in [-0.3, -0.25) is 9.69 Å². The molecule has 1 atom stereocenters. The molecule has 0 N–H and O–H groups in total. The third-order valence-electron chi connectivity index (χ3n) is 3.21. The zero-order valence-electron chi connectivity index (χ0n) is 9.45. The Labute approximate surface area is 105 Å². The van der Waals surface area contributed by atoms with E-state index in [2.05, 4.69) is 26.9 Å². The lowest BCUT2D eigenvalue weighted by Crippen LogP contribution is -2.37. The van der Waals surface area contributed by atoms with E-state index < -0.39 is 0 Å². The molecule has 1 aliphatic carbocycles. The molecule has 90 valence electrons. The molecule has 1 heterocycles. The van der Waals surface area contributed by atoms with Crippen molar-refractivity contribution in [1.82, 2.24) is 4.90 Å². The summed E-state index contributed by atoms with van der Waals surface area (Å²) in [6, 6.07) is 0. The Kier molecular flexibility index (Phi) is 4.55. The summed E-state index contributed by atoms with van der Waals surface area (Å²) in [4.78, 5) is 13.3. The number of piperidine rings is 1. The van der Waals surface area contributed by atoms with Crippen molar-refractivity contribution in [3.8, 4) is 0 Å². The van der Waals surface area contributed by atoms with Crippen LogP contribution in [-0.2, 0) is 9.53 Å². The van der Waals surface area contributed by atoms with E-state index in [1.165, 1.54) is 4.48 Å². The maximum Gasteiger partial charge on any atom is 0.135 e. The number of allylic oxidation sites excluding steroid dienone is 1. The largest absolute Gasteiger partial charge is 0.363 e. The van der Waals surface area contributed by atoms with Gasteiger partial charge in [-0.15, -0.1) is 0 Å². The number of carbonyl (C=O) groups is 1. The topological polar surface area (TPSA) is 29.5 Å². The van der Waals surface area contributed by atoms with E-state index in [9.17, 15) is 4.79 Å². The second kappa shape index (κ2) is 5.94. The smallest absolute Gasteiger partial charge is 0.135 e. The van der Waals surface area contributed by atoms with E-state index in [1.54, 1.807) is 0 Å². The lowest BCUT2D eigenvalue weighted by atomic mass is 10.1. The predicted octanol–water partition coefficient (Wildman–Crippen LogP) is 2.46. The predicted molar refractivity (Wildman–Crippen MR) is 66.4 cm³/mol. The Balaban J connectivity index is 1.66. The van der Waals surface area contributed by atoms with Gasteiger partial charge in [0.05, 0.1) is 12.8 Å². The fourth-order valence-electron chi connectivity index (χ4n) is 2.07. The van der Waals surface area contributed by atoms with Crippen LogP contribution in [0.4, 0.5) is 0 Å². The molecule has 1 saturated heterocycles. The third kappa shape index (κ3) is 3.68. The maximum absolute atomic E-state index is 11.1. The van der Waals surface area contributed by atoms with Gasteiger partial charge in [0.25, 0.3) is 0 Å².